The van der Waals surface area contributed by atoms with Crippen molar-refractivity contribution in [2.45, 2.75) is 37.4 Å². The quantitative estimate of drug-likeness (QED) is 0.349. The molecule has 0 spiro atoms. The van der Waals surface area contributed by atoms with Gasteiger partial charge in [0.2, 0.25) is 11.8 Å². The van der Waals surface area contributed by atoms with Crippen LogP contribution in [-0.2, 0) is 31.6 Å². The van der Waals surface area contributed by atoms with Crippen LogP contribution < -0.4 is 10.6 Å². The summed E-state index contributed by atoms with van der Waals surface area (Å²) >= 11 is 5.98. The van der Waals surface area contributed by atoms with Gasteiger partial charge in [-0.15, -0.1) is 0 Å². The lowest BCUT2D eigenvalue weighted by Crippen LogP contribution is -2.44. The summed E-state index contributed by atoms with van der Waals surface area (Å²) in [5, 5.41) is 0.552. The number of anilines is 1. The lowest BCUT2D eigenvalue weighted by Gasteiger charge is -2.25. The molecule has 0 saturated carbocycles. The van der Waals surface area contributed by atoms with E-state index >= 15 is 4.39 Å². The third kappa shape index (κ3) is 6.09. The summed E-state index contributed by atoms with van der Waals surface area (Å²) in [4.78, 5) is 18.8. The van der Waals surface area contributed by atoms with Gasteiger partial charge in [-0.1, -0.05) is 30.3 Å². The van der Waals surface area contributed by atoms with Gasteiger partial charge in [-0.05, 0) is 43.7 Å². The van der Waals surface area contributed by atoms with E-state index in [0.29, 0.717) is 5.02 Å². The van der Waals surface area contributed by atoms with Crippen molar-refractivity contribution in [3.8, 4) is 0 Å². The number of nitrogens with zero attached hydrogens (tertiary/aromatic N) is 2. The van der Waals surface area contributed by atoms with Crippen molar-refractivity contribution in [1.82, 2.24) is 0 Å². The fraction of sp³-hybridized carbons (Fsp3) is 0.333. The third-order valence-corrected chi connectivity index (χ3v) is 6.74. The molecule has 2 aromatic rings. The Hall–Kier alpha value is -2.59. The number of amides is 1. The highest BCUT2D eigenvalue weighted by Gasteiger charge is 2.33. The molecule has 34 heavy (non-hydrogen) atoms. The lowest BCUT2D eigenvalue weighted by atomic mass is 10.1. The van der Waals surface area contributed by atoms with E-state index in [4.69, 9.17) is 26.8 Å². The number of halogens is 2. The SMILES string of the molecule is C=C(COC(C)C)OC(=NC)c1cc2c(cc1F)S(=O)C[C@H](N)C(=O)N2Cc1ccc(Cl)cc1. The first-order valence-corrected chi connectivity index (χ1v) is 12.3. The van der Waals surface area contributed by atoms with Gasteiger partial charge in [0.05, 0.1) is 51.4 Å². The number of aliphatic imine (C=N–C) groups is 1. The zero-order valence-corrected chi connectivity index (χ0v) is 20.8. The molecular weight excluding hydrogens is 481 g/mol. The molecule has 3 rings (SSSR count). The predicted octanol–water partition coefficient (Wildman–Crippen LogP) is 3.79. The molecule has 2 atom stereocenters. The summed E-state index contributed by atoms with van der Waals surface area (Å²) in [6.45, 7) is 7.76. The standard InChI is InChI=1S/C24H27ClFN3O4S/c1-14(2)32-12-15(3)33-23(28-4)18-9-21-22(10-19(18)26)34(31)13-20(27)24(30)29(21)11-16-5-7-17(25)8-6-16/h5-10,14,20H,3,11-13,27H2,1-2,4H3/t20-,34?/m0/s1. The van der Waals surface area contributed by atoms with Gasteiger partial charge in [-0.25, -0.2) is 4.39 Å². The lowest BCUT2D eigenvalue weighted by molar-refractivity contribution is -0.119. The van der Waals surface area contributed by atoms with Crippen molar-refractivity contribution in [3.63, 3.8) is 0 Å². The van der Waals surface area contributed by atoms with Crippen LogP contribution in [0.25, 0.3) is 0 Å². The predicted molar refractivity (Wildman–Crippen MR) is 132 cm³/mol. The second-order valence-electron chi connectivity index (χ2n) is 8.00. The highest BCUT2D eigenvalue weighted by Crippen LogP contribution is 2.33. The van der Waals surface area contributed by atoms with E-state index in [-0.39, 0.29) is 52.8 Å². The maximum atomic E-state index is 15.2. The van der Waals surface area contributed by atoms with E-state index < -0.39 is 28.6 Å². The van der Waals surface area contributed by atoms with Crippen LogP contribution in [0.4, 0.5) is 10.1 Å². The van der Waals surface area contributed by atoms with Crippen LogP contribution in [0.15, 0.2) is 58.6 Å². The number of hydrogen-bond acceptors (Lipinski definition) is 6. The Balaban J connectivity index is 2.03. The highest BCUT2D eigenvalue weighted by atomic mass is 35.5. The molecule has 182 valence electrons. The number of benzene rings is 2. The molecule has 0 aromatic heterocycles. The molecule has 1 heterocycles. The Bertz CT molecular complexity index is 1140. The molecule has 2 aromatic carbocycles. The van der Waals surface area contributed by atoms with Crippen molar-refractivity contribution in [2.75, 3.05) is 24.3 Å². The molecule has 7 nitrogen and oxygen atoms in total. The van der Waals surface area contributed by atoms with Gasteiger partial charge in [0.1, 0.15) is 18.2 Å². The molecule has 0 aliphatic carbocycles. The van der Waals surface area contributed by atoms with Gasteiger partial charge in [0, 0.05) is 12.1 Å². The largest absolute Gasteiger partial charge is 0.441 e. The Morgan fingerprint density at radius 1 is 1.35 bits per heavy atom. The molecule has 1 amide bonds. The Morgan fingerprint density at radius 2 is 2.03 bits per heavy atom. The molecule has 0 fully saturated rings. The minimum absolute atomic E-state index is 0.00618. The van der Waals surface area contributed by atoms with Crippen LogP contribution in [0.2, 0.25) is 5.02 Å². The Morgan fingerprint density at radius 3 is 2.65 bits per heavy atom. The number of nitrogens with two attached hydrogens (primary N) is 1. The molecule has 10 heteroatoms. The van der Waals surface area contributed by atoms with Crippen molar-refractivity contribution in [1.29, 1.82) is 0 Å². The van der Waals surface area contributed by atoms with E-state index in [9.17, 15) is 9.00 Å². The van der Waals surface area contributed by atoms with Gasteiger partial charge in [0.25, 0.3) is 0 Å². The number of carbonyl (C=O) groups is 1. The van der Waals surface area contributed by atoms with Gasteiger partial charge < -0.3 is 20.1 Å². The maximum Gasteiger partial charge on any atom is 0.245 e. The summed E-state index contributed by atoms with van der Waals surface area (Å²) in [6.07, 6.45) is -0.0433. The number of fused-ring (bicyclic) bond motifs is 1. The van der Waals surface area contributed by atoms with Crippen LogP contribution in [0.1, 0.15) is 25.0 Å². The normalized spacial score (nSPS) is 18.6. The van der Waals surface area contributed by atoms with E-state index in [1.54, 1.807) is 24.3 Å². The minimum atomic E-state index is -1.69. The van der Waals surface area contributed by atoms with Gasteiger partial charge in [-0.2, -0.15) is 0 Å². The first-order valence-electron chi connectivity index (χ1n) is 10.6. The van der Waals surface area contributed by atoms with E-state index in [2.05, 4.69) is 11.6 Å². The molecule has 0 saturated heterocycles. The van der Waals surface area contributed by atoms with Crippen molar-refractivity contribution in [3.05, 3.63) is 70.7 Å². The average molecular weight is 508 g/mol. The number of rotatable bonds is 7. The Kier molecular flexibility index (Phi) is 8.59. The fourth-order valence-corrected chi connectivity index (χ4v) is 4.74. The third-order valence-electron chi connectivity index (χ3n) is 5.00. The first kappa shape index (κ1) is 26.0. The second-order valence-corrected chi connectivity index (χ2v) is 9.90. The van der Waals surface area contributed by atoms with Gasteiger partial charge in [0.15, 0.2) is 0 Å². The van der Waals surface area contributed by atoms with Gasteiger partial charge in [-0.3, -0.25) is 14.0 Å². The Labute approximate surface area is 205 Å². The van der Waals surface area contributed by atoms with E-state index in [0.717, 1.165) is 11.6 Å². The summed E-state index contributed by atoms with van der Waals surface area (Å²) in [7, 11) is -0.239. The van der Waals surface area contributed by atoms with Crippen molar-refractivity contribution >= 4 is 39.9 Å². The monoisotopic (exact) mass is 507 g/mol. The van der Waals surface area contributed by atoms with Crippen LogP contribution in [0.3, 0.4) is 0 Å². The van der Waals surface area contributed by atoms with Crippen LogP contribution in [0, 0.1) is 5.82 Å². The summed E-state index contributed by atoms with van der Waals surface area (Å²) in [6, 6.07) is 8.50. The average Bonchev–Trinajstić information content (AvgIpc) is 2.87. The molecular formula is C24H27ClFN3O4S. The maximum absolute atomic E-state index is 15.2. The molecule has 1 aliphatic heterocycles. The molecule has 1 unspecified atom stereocenters. The van der Waals surface area contributed by atoms with Gasteiger partial charge >= 0.3 is 0 Å². The summed E-state index contributed by atoms with van der Waals surface area (Å²) in [5.74, 6) is -1.04. The molecule has 0 radical (unpaired) electrons. The van der Waals surface area contributed by atoms with E-state index in [1.165, 1.54) is 18.0 Å². The van der Waals surface area contributed by atoms with Crippen LogP contribution in [0.5, 0.6) is 0 Å². The second kappa shape index (κ2) is 11.2. The van der Waals surface area contributed by atoms with E-state index in [1.807, 2.05) is 13.8 Å². The fourth-order valence-electron chi connectivity index (χ4n) is 3.33. The summed E-state index contributed by atoms with van der Waals surface area (Å²) in [5.41, 5.74) is 7.07. The zero-order chi connectivity index (χ0) is 25.0. The molecule has 1 aliphatic rings. The minimum Gasteiger partial charge on any atom is -0.441 e. The number of ether oxygens (including phenoxy) is 2. The number of carbonyl (C=O) groups excluding carboxylic acids is 1. The smallest absolute Gasteiger partial charge is 0.245 e. The van der Waals surface area contributed by atoms with Crippen molar-refractivity contribution < 1.29 is 22.9 Å². The highest BCUT2D eigenvalue weighted by molar-refractivity contribution is 7.85. The topological polar surface area (TPSA) is 94.2 Å². The molecule has 0 bridgehead atoms. The van der Waals surface area contributed by atoms with Crippen molar-refractivity contribution in [2.24, 2.45) is 10.7 Å². The first-order chi connectivity index (χ1) is 16.1. The zero-order valence-electron chi connectivity index (χ0n) is 19.2. The van der Waals surface area contributed by atoms with Crippen LogP contribution in [-0.4, -0.2) is 47.6 Å². The molecule has 2 N–H and O–H groups in total. The summed E-state index contributed by atoms with van der Waals surface area (Å²) < 4.78 is 39.2. The van der Waals surface area contributed by atoms with Crippen LogP contribution >= 0.6 is 11.6 Å². The number of hydrogen-bond donors (Lipinski definition) is 1.